The molecule has 128 valence electrons. The zero-order chi connectivity index (χ0) is 17.2. The van der Waals surface area contributed by atoms with Gasteiger partial charge in [0.05, 0.1) is 0 Å². The number of nitrogens with one attached hydrogen (secondary N) is 2. The summed E-state index contributed by atoms with van der Waals surface area (Å²) in [6.45, 7) is 5.47. The van der Waals surface area contributed by atoms with Gasteiger partial charge < -0.3 is 15.4 Å². The lowest BCUT2D eigenvalue weighted by atomic mass is 10.2. The Morgan fingerprint density at radius 2 is 1.79 bits per heavy atom. The molecule has 0 heterocycles. The molecule has 0 saturated carbocycles. The van der Waals surface area contributed by atoms with Crippen molar-refractivity contribution in [2.75, 3.05) is 11.9 Å². The van der Waals surface area contributed by atoms with Crippen LogP contribution in [0.2, 0.25) is 0 Å². The molecule has 0 fully saturated rings. The van der Waals surface area contributed by atoms with E-state index in [0.29, 0.717) is 25.6 Å². The molecule has 4 heteroatoms. The average Bonchev–Trinajstić information content (AvgIpc) is 2.62. The van der Waals surface area contributed by atoms with E-state index < -0.39 is 0 Å². The summed E-state index contributed by atoms with van der Waals surface area (Å²) in [7, 11) is 0. The van der Waals surface area contributed by atoms with Crippen molar-refractivity contribution in [3.8, 4) is 5.75 Å². The van der Waals surface area contributed by atoms with Crippen LogP contribution in [0.5, 0.6) is 5.75 Å². The molecule has 2 aromatic carbocycles. The number of amides is 1. The number of carbonyl (C=O) groups excluding carboxylic acids is 1. The third-order valence-electron chi connectivity index (χ3n) is 3.84. The maximum Gasteiger partial charge on any atom is 0.225 e. The summed E-state index contributed by atoms with van der Waals surface area (Å²) in [6.07, 6.45) is 1.53. The minimum absolute atomic E-state index is 0.0174. The number of ether oxygens (including phenoxy) is 1. The molecule has 0 aliphatic carbocycles. The number of hydrogen-bond donors (Lipinski definition) is 2. The Morgan fingerprint density at radius 3 is 2.46 bits per heavy atom. The normalized spacial score (nSPS) is 11.8. The molecule has 24 heavy (non-hydrogen) atoms. The van der Waals surface area contributed by atoms with E-state index in [2.05, 4.69) is 24.5 Å². The Bertz CT molecular complexity index is 611. The molecule has 0 aliphatic rings. The van der Waals surface area contributed by atoms with Crippen molar-refractivity contribution in [2.45, 2.75) is 39.3 Å². The SMILES string of the molecule is CCC(C)NCCC(=O)Nc1ccc(OCc2ccccc2)cc1. The molecule has 0 radical (unpaired) electrons. The maximum atomic E-state index is 11.9. The summed E-state index contributed by atoms with van der Waals surface area (Å²) in [4.78, 5) is 11.9. The van der Waals surface area contributed by atoms with E-state index in [1.807, 2.05) is 54.6 Å². The summed E-state index contributed by atoms with van der Waals surface area (Å²) >= 11 is 0. The fourth-order valence-corrected chi connectivity index (χ4v) is 2.18. The lowest BCUT2D eigenvalue weighted by Gasteiger charge is -2.11. The van der Waals surface area contributed by atoms with Crippen LogP contribution >= 0.6 is 0 Å². The van der Waals surface area contributed by atoms with E-state index in [0.717, 1.165) is 23.4 Å². The van der Waals surface area contributed by atoms with Gasteiger partial charge in [0.2, 0.25) is 5.91 Å². The van der Waals surface area contributed by atoms with Crippen LogP contribution in [-0.2, 0) is 11.4 Å². The highest BCUT2D eigenvalue weighted by atomic mass is 16.5. The second-order valence-corrected chi connectivity index (χ2v) is 5.86. The van der Waals surface area contributed by atoms with Crippen LogP contribution in [0.4, 0.5) is 5.69 Å². The first kappa shape index (κ1) is 18.0. The minimum Gasteiger partial charge on any atom is -0.489 e. The second kappa shape index (κ2) is 9.73. The second-order valence-electron chi connectivity index (χ2n) is 5.86. The highest BCUT2D eigenvalue weighted by Crippen LogP contribution is 2.17. The van der Waals surface area contributed by atoms with Crippen LogP contribution in [-0.4, -0.2) is 18.5 Å². The third kappa shape index (κ3) is 6.42. The first-order valence-electron chi connectivity index (χ1n) is 8.47. The fourth-order valence-electron chi connectivity index (χ4n) is 2.18. The highest BCUT2D eigenvalue weighted by molar-refractivity contribution is 5.90. The molecule has 0 aliphatic heterocycles. The van der Waals surface area contributed by atoms with Crippen molar-refractivity contribution in [3.05, 3.63) is 60.2 Å². The summed E-state index contributed by atoms with van der Waals surface area (Å²) < 4.78 is 5.73. The van der Waals surface area contributed by atoms with E-state index in [1.54, 1.807) is 0 Å². The zero-order valence-corrected chi connectivity index (χ0v) is 14.4. The van der Waals surface area contributed by atoms with Gasteiger partial charge in [-0.1, -0.05) is 37.3 Å². The predicted molar refractivity (Wildman–Crippen MR) is 98.2 cm³/mol. The first-order valence-corrected chi connectivity index (χ1v) is 8.47. The van der Waals surface area contributed by atoms with Gasteiger partial charge in [0.25, 0.3) is 0 Å². The quantitative estimate of drug-likeness (QED) is 0.733. The maximum absolute atomic E-state index is 11.9. The Hall–Kier alpha value is -2.33. The molecular weight excluding hydrogens is 300 g/mol. The van der Waals surface area contributed by atoms with Gasteiger partial charge in [-0.25, -0.2) is 0 Å². The Balaban J connectivity index is 1.74. The number of benzene rings is 2. The van der Waals surface area contributed by atoms with Crippen molar-refractivity contribution in [3.63, 3.8) is 0 Å². The van der Waals surface area contributed by atoms with Gasteiger partial charge in [-0.05, 0) is 43.2 Å². The van der Waals surface area contributed by atoms with Gasteiger partial charge in [-0.15, -0.1) is 0 Å². The largest absolute Gasteiger partial charge is 0.489 e. The van der Waals surface area contributed by atoms with Crippen LogP contribution in [0.1, 0.15) is 32.3 Å². The van der Waals surface area contributed by atoms with Crippen LogP contribution < -0.4 is 15.4 Å². The van der Waals surface area contributed by atoms with Crippen molar-refractivity contribution in [1.29, 1.82) is 0 Å². The van der Waals surface area contributed by atoms with E-state index in [9.17, 15) is 4.79 Å². The van der Waals surface area contributed by atoms with Gasteiger partial charge in [-0.2, -0.15) is 0 Å². The Kier molecular flexibility index (Phi) is 7.30. The molecule has 0 bridgehead atoms. The zero-order valence-electron chi connectivity index (χ0n) is 14.4. The molecular formula is C20H26N2O2. The average molecular weight is 326 g/mol. The van der Waals surface area contributed by atoms with Crippen LogP contribution in [0.3, 0.4) is 0 Å². The molecule has 1 atom stereocenters. The topological polar surface area (TPSA) is 50.4 Å². The smallest absolute Gasteiger partial charge is 0.225 e. The van der Waals surface area contributed by atoms with Crippen LogP contribution in [0, 0.1) is 0 Å². The van der Waals surface area contributed by atoms with Gasteiger partial charge in [0.1, 0.15) is 12.4 Å². The van der Waals surface area contributed by atoms with E-state index in [-0.39, 0.29) is 5.91 Å². The van der Waals surface area contributed by atoms with Crippen molar-refractivity contribution < 1.29 is 9.53 Å². The molecule has 0 spiro atoms. The Labute approximate surface area is 144 Å². The van der Waals surface area contributed by atoms with Gasteiger partial charge >= 0.3 is 0 Å². The van der Waals surface area contributed by atoms with Crippen molar-refractivity contribution in [2.24, 2.45) is 0 Å². The number of carbonyl (C=O) groups is 1. The van der Waals surface area contributed by atoms with E-state index in [1.165, 1.54) is 0 Å². The number of rotatable bonds is 9. The van der Waals surface area contributed by atoms with Crippen LogP contribution in [0.25, 0.3) is 0 Å². The molecule has 4 nitrogen and oxygen atoms in total. The lowest BCUT2D eigenvalue weighted by Crippen LogP contribution is -2.28. The summed E-state index contributed by atoms with van der Waals surface area (Å²) in [6, 6.07) is 17.9. The monoisotopic (exact) mass is 326 g/mol. The number of hydrogen-bond acceptors (Lipinski definition) is 3. The molecule has 2 aromatic rings. The van der Waals surface area contributed by atoms with Gasteiger partial charge in [0.15, 0.2) is 0 Å². The first-order chi connectivity index (χ1) is 11.7. The highest BCUT2D eigenvalue weighted by Gasteiger charge is 2.04. The summed E-state index contributed by atoms with van der Waals surface area (Å²) in [5.74, 6) is 0.805. The summed E-state index contributed by atoms with van der Waals surface area (Å²) in [5, 5.41) is 6.21. The van der Waals surface area contributed by atoms with Gasteiger partial charge in [-0.3, -0.25) is 4.79 Å². The Morgan fingerprint density at radius 1 is 1.08 bits per heavy atom. The summed E-state index contributed by atoms with van der Waals surface area (Å²) in [5.41, 5.74) is 1.92. The van der Waals surface area contributed by atoms with Gasteiger partial charge in [0, 0.05) is 24.7 Å². The molecule has 1 amide bonds. The lowest BCUT2D eigenvalue weighted by molar-refractivity contribution is -0.116. The molecule has 0 aromatic heterocycles. The van der Waals surface area contributed by atoms with Crippen LogP contribution in [0.15, 0.2) is 54.6 Å². The van der Waals surface area contributed by atoms with E-state index >= 15 is 0 Å². The fraction of sp³-hybridized carbons (Fsp3) is 0.350. The predicted octanol–water partition coefficient (Wildman–Crippen LogP) is 3.98. The third-order valence-corrected chi connectivity index (χ3v) is 3.84. The van der Waals surface area contributed by atoms with E-state index in [4.69, 9.17) is 4.74 Å². The van der Waals surface area contributed by atoms with Crippen molar-refractivity contribution >= 4 is 11.6 Å². The number of anilines is 1. The minimum atomic E-state index is 0.0174. The molecule has 2 N–H and O–H groups in total. The standard InChI is InChI=1S/C20H26N2O2/c1-3-16(2)21-14-13-20(23)22-18-9-11-19(12-10-18)24-15-17-7-5-4-6-8-17/h4-12,16,21H,3,13-15H2,1-2H3,(H,22,23). The molecule has 1 unspecified atom stereocenters. The molecule has 0 saturated heterocycles. The molecule has 2 rings (SSSR count). The van der Waals surface area contributed by atoms with Crippen molar-refractivity contribution in [1.82, 2.24) is 5.32 Å².